The van der Waals surface area contributed by atoms with Crippen LogP contribution in [0.25, 0.3) is 0 Å². The van der Waals surface area contributed by atoms with Gasteiger partial charge < -0.3 is 19.7 Å². The molecule has 0 aromatic heterocycles. The van der Waals surface area contributed by atoms with Gasteiger partial charge in [-0.1, -0.05) is 12.1 Å². The first-order valence-electron chi connectivity index (χ1n) is 9.15. The van der Waals surface area contributed by atoms with Gasteiger partial charge in [0.05, 0.1) is 25.0 Å². The Morgan fingerprint density at radius 2 is 2.00 bits per heavy atom. The fraction of sp³-hybridized carbons (Fsp3) is 0.632. The number of para-hydroxylation sites is 2. The summed E-state index contributed by atoms with van der Waals surface area (Å²) >= 11 is 0. The lowest BCUT2D eigenvalue weighted by atomic mass is 10.1. The number of amides is 2. The smallest absolute Gasteiger partial charge is 0.322 e. The van der Waals surface area contributed by atoms with Crippen LogP contribution in [0.3, 0.4) is 0 Å². The highest BCUT2D eigenvalue weighted by molar-refractivity contribution is 5.91. The molecule has 0 unspecified atom stereocenters. The van der Waals surface area contributed by atoms with Gasteiger partial charge in [0.15, 0.2) is 0 Å². The summed E-state index contributed by atoms with van der Waals surface area (Å²) in [6.45, 7) is 7.82. The van der Waals surface area contributed by atoms with E-state index in [9.17, 15) is 4.79 Å². The van der Waals surface area contributed by atoms with Crippen molar-refractivity contribution in [3.05, 3.63) is 24.3 Å². The highest BCUT2D eigenvalue weighted by atomic mass is 16.5. The van der Waals surface area contributed by atoms with Gasteiger partial charge in [-0.25, -0.2) is 4.79 Å². The molecule has 6 heteroatoms. The van der Waals surface area contributed by atoms with Crippen LogP contribution in [0.4, 0.5) is 10.5 Å². The van der Waals surface area contributed by atoms with Gasteiger partial charge in [-0.3, -0.25) is 4.90 Å². The molecule has 1 aromatic rings. The Morgan fingerprint density at radius 1 is 1.28 bits per heavy atom. The van der Waals surface area contributed by atoms with Crippen molar-refractivity contribution < 1.29 is 14.3 Å². The van der Waals surface area contributed by atoms with E-state index in [4.69, 9.17) is 9.47 Å². The monoisotopic (exact) mass is 347 g/mol. The minimum atomic E-state index is -0.0404. The number of hydrogen-bond acceptors (Lipinski definition) is 4. The second kappa shape index (κ2) is 8.06. The van der Waals surface area contributed by atoms with Crippen molar-refractivity contribution in [3.63, 3.8) is 0 Å². The largest absolute Gasteiger partial charge is 0.495 e. The summed E-state index contributed by atoms with van der Waals surface area (Å²) in [5.41, 5.74) is 0.717. The van der Waals surface area contributed by atoms with Gasteiger partial charge in [-0.05, 0) is 38.8 Å². The van der Waals surface area contributed by atoms with Crippen molar-refractivity contribution in [2.45, 2.75) is 44.9 Å². The van der Waals surface area contributed by atoms with E-state index in [1.54, 1.807) is 7.11 Å². The number of benzene rings is 1. The highest BCUT2D eigenvalue weighted by Gasteiger charge is 2.32. The number of urea groups is 1. The molecule has 0 saturated carbocycles. The summed E-state index contributed by atoms with van der Waals surface area (Å²) in [4.78, 5) is 17.2. The zero-order valence-electron chi connectivity index (χ0n) is 15.4. The number of rotatable bonds is 4. The summed E-state index contributed by atoms with van der Waals surface area (Å²) in [6, 6.07) is 7.73. The van der Waals surface area contributed by atoms with Crippen LogP contribution in [0.1, 0.15) is 26.7 Å². The Hall–Kier alpha value is -1.79. The number of likely N-dealkylation sites (tertiary alicyclic amines) is 1. The molecule has 0 radical (unpaired) electrons. The molecule has 2 heterocycles. The van der Waals surface area contributed by atoms with E-state index in [1.165, 1.54) is 0 Å². The van der Waals surface area contributed by atoms with Crippen molar-refractivity contribution in [1.82, 2.24) is 9.80 Å². The van der Waals surface area contributed by atoms with Crippen LogP contribution in [-0.4, -0.2) is 67.4 Å². The van der Waals surface area contributed by atoms with E-state index >= 15 is 0 Å². The van der Waals surface area contributed by atoms with E-state index in [1.807, 2.05) is 29.2 Å². The van der Waals surface area contributed by atoms with E-state index < -0.39 is 0 Å². The number of morpholine rings is 1. The molecule has 2 aliphatic rings. The second-order valence-corrected chi connectivity index (χ2v) is 7.10. The van der Waals surface area contributed by atoms with E-state index in [0.717, 1.165) is 39.0 Å². The maximum atomic E-state index is 12.8. The van der Waals surface area contributed by atoms with E-state index in [2.05, 4.69) is 24.1 Å². The molecule has 0 bridgehead atoms. The quantitative estimate of drug-likeness (QED) is 0.910. The minimum absolute atomic E-state index is 0.0404. The van der Waals surface area contributed by atoms with Gasteiger partial charge in [0.1, 0.15) is 5.75 Å². The Balaban J connectivity index is 1.61. The predicted molar refractivity (Wildman–Crippen MR) is 98.2 cm³/mol. The topological polar surface area (TPSA) is 54.0 Å². The zero-order chi connectivity index (χ0) is 17.8. The Bertz CT molecular complexity index is 585. The molecule has 138 valence electrons. The third-order valence-corrected chi connectivity index (χ3v) is 4.95. The maximum absolute atomic E-state index is 12.8. The van der Waals surface area contributed by atoms with Crippen LogP contribution in [0.2, 0.25) is 0 Å². The molecule has 1 N–H and O–H groups in total. The highest BCUT2D eigenvalue weighted by Crippen LogP contribution is 2.26. The predicted octanol–water partition coefficient (Wildman–Crippen LogP) is 2.80. The summed E-state index contributed by atoms with van der Waals surface area (Å²) in [5, 5.41) is 3.01. The fourth-order valence-corrected chi connectivity index (χ4v) is 3.96. The van der Waals surface area contributed by atoms with Crippen LogP contribution >= 0.6 is 0 Å². The molecule has 3 rings (SSSR count). The Morgan fingerprint density at radius 3 is 2.72 bits per heavy atom. The first-order chi connectivity index (χ1) is 12.1. The van der Waals surface area contributed by atoms with Crippen LogP contribution in [0, 0.1) is 0 Å². The molecule has 0 spiro atoms. The minimum Gasteiger partial charge on any atom is -0.495 e. The first-order valence-corrected chi connectivity index (χ1v) is 9.15. The van der Waals surface area contributed by atoms with Crippen LogP contribution in [-0.2, 0) is 4.74 Å². The van der Waals surface area contributed by atoms with Crippen molar-refractivity contribution in [2.75, 3.05) is 38.6 Å². The number of hydrogen-bond donors (Lipinski definition) is 1. The first kappa shape index (κ1) is 18.0. The van der Waals surface area contributed by atoms with Crippen molar-refractivity contribution in [1.29, 1.82) is 0 Å². The van der Waals surface area contributed by atoms with Gasteiger partial charge in [-0.15, -0.1) is 0 Å². The molecule has 3 atom stereocenters. The van der Waals surface area contributed by atoms with E-state index in [0.29, 0.717) is 11.4 Å². The average molecular weight is 347 g/mol. The van der Waals surface area contributed by atoms with Gasteiger partial charge in [0.2, 0.25) is 0 Å². The molecule has 1 aromatic carbocycles. The van der Waals surface area contributed by atoms with Gasteiger partial charge in [-0.2, -0.15) is 0 Å². The summed E-state index contributed by atoms with van der Waals surface area (Å²) < 4.78 is 11.1. The normalized spacial score (nSPS) is 27.3. The van der Waals surface area contributed by atoms with Crippen LogP contribution < -0.4 is 10.1 Å². The number of carbonyl (C=O) groups is 1. The number of nitrogens with one attached hydrogen (secondary N) is 1. The zero-order valence-corrected chi connectivity index (χ0v) is 15.4. The molecular weight excluding hydrogens is 318 g/mol. The molecule has 2 fully saturated rings. The molecule has 0 aliphatic carbocycles. The van der Waals surface area contributed by atoms with Crippen LogP contribution in [0.5, 0.6) is 5.75 Å². The molecule has 2 amide bonds. The van der Waals surface area contributed by atoms with Gasteiger partial charge >= 0.3 is 6.03 Å². The lowest BCUT2D eigenvalue weighted by molar-refractivity contribution is -0.0712. The number of nitrogens with zero attached hydrogens (tertiary/aromatic N) is 2. The molecule has 25 heavy (non-hydrogen) atoms. The van der Waals surface area contributed by atoms with Gasteiger partial charge in [0.25, 0.3) is 0 Å². The average Bonchev–Trinajstić information content (AvgIpc) is 3.02. The summed E-state index contributed by atoms with van der Waals surface area (Å²) in [5.74, 6) is 0.683. The molecular formula is C19H29N3O3. The molecule has 2 aliphatic heterocycles. The SMILES string of the molecule is COc1ccccc1NC(=O)N1CCC[C@H]1CN1C[C@@H](C)O[C@@H](C)C1. The second-order valence-electron chi connectivity index (χ2n) is 7.10. The van der Waals surface area contributed by atoms with E-state index in [-0.39, 0.29) is 24.3 Å². The lowest BCUT2D eigenvalue weighted by Crippen LogP contribution is -2.51. The number of anilines is 1. The van der Waals surface area contributed by atoms with Crippen molar-refractivity contribution in [2.24, 2.45) is 0 Å². The number of carbonyl (C=O) groups excluding carboxylic acids is 1. The third kappa shape index (κ3) is 4.44. The Labute approximate surface area is 150 Å². The molecule has 2 saturated heterocycles. The van der Waals surface area contributed by atoms with Crippen LogP contribution in [0.15, 0.2) is 24.3 Å². The number of ether oxygens (including phenoxy) is 2. The van der Waals surface area contributed by atoms with Gasteiger partial charge in [0, 0.05) is 32.2 Å². The fourth-order valence-electron chi connectivity index (χ4n) is 3.96. The molecule has 6 nitrogen and oxygen atoms in total. The number of methoxy groups -OCH3 is 1. The standard InChI is InChI=1S/C19H29N3O3/c1-14-11-21(12-15(2)25-14)13-16-7-6-10-22(16)19(23)20-17-8-4-5-9-18(17)24-3/h4-5,8-9,14-16H,6-7,10-13H2,1-3H3,(H,20,23)/t14-,15+,16-/m0/s1. The summed E-state index contributed by atoms with van der Waals surface area (Å²) in [6.07, 6.45) is 2.61. The third-order valence-electron chi connectivity index (χ3n) is 4.95. The van der Waals surface area contributed by atoms with Crippen molar-refractivity contribution in [3.8, 4) is 5.75 Å². The maximum Gasteiger partial charge on any atom is 0.322 e. The lowest BCUT2D eigenvalue weighted by Gasteiger charge is -2.38. The van der Waals surface area contributed by atoms with Crippen molar-refractivity contribution >= 4 is 11.7 Å². The Kier molecular flexibility index (Phi) is 5.81. The summed E-state index contributed by atoms with van der Waals surface area (Å²) in [7, 11) is 1.62.